The molecule has 0 radical (unpaired) electrons. The summed E-state index contributed by atoms with van der Waals surface area (Å²) >= 11 is 0. The van der Waals surface area contributed by atoms with Crippen LogP contribution in [0.5, 0.6) is 5.75 Å². The average Bonchev–Trinajstić information content (AvgIpc) is 3.25. The normalized spacial score (nSPS) is 15.2. The highest BCUT2D eigenvalue weighted by atomic mass is 16.5. The van der Waals surface area contributed by atoms with Gasteiger partial charge in [0.25, 0.3) is 11.8 Å². The molecule has 1 aliphatic heterocycles. The first kappa shape index (κ1) is 19.5. The van der Waals surface area contributed by atoms with Crippen LogP contribution < -0.4 is 15.4 Å². The second-order valence-electron chi connectivity index (χ2n) is 7.04. The third kappa shape index (κ3) is 3.69. The number of nitrogens with zero attached hydrogens (tertiary/aromatic N) is 3. The number of amides is 1. The molecule has 1 unspecified atom stereocenters. The van der Waals surface area contributed by atoms with E-state index in [4.69, 9.17) is 14.1 Å². The van der Waals surface area contributed by atoms with Gasteiger partial charge in [0.15, 0.2) is 0 Å². The van der Waals surface area contributed by atoms with E-state index in [1.807, 2.05) is 72.8 Å². The molecule has 2 heterocycles. The number of nitrogens with one attached hydrogen (secondary N) is 2. The molecule has 8 nitrogen and oxygen atoms in total. The number of benzene rings is 3. The molecule has 0 fully saturated rings. The molecule has 5 rings (SSSR count). The summed E-state index contributed by atoms with van der Waals surface area (Å²) in [7, 11) is 1.57. The number of rotatable bonds is 5. The van der Waals surface area contributed by atoms with Crippen LogP contribution in [0.2, 0.25) is 0 Å². The van der Waals surface area contributed by atoms with E-state index in [-0.39, 0.29) is 17.8 Å². The summed E-state index contributed by atoms with van der Waals surface area (Å²) in [6.07, 6.45) is -0.969. The molecule has 4 aromatic rings. The van der Waals surface area contributed by atoms with Crippen molar-refractivity contribution in [2.45, 2.75) is 6.17 Å². The zero-order valence-corrected chi connectivity index (χ0v) is 17.1. The second kappa shape index (κ2) is 8.35. The Hall–Kier alpha value is -4.46. The number of anilines is 2. The van der Waals surface area contributed by atoms with Crippen LogP contribution in [-0.2, 0) is 4.79 Å². The van der Waals surface area contributed by atoms with Crippen molar-refractivity contribution in [2.24, 2.45) is 4.99 Å². The van der Waals surface area contributed by atoms with Gasteiger partial charge in [-0.05, 0) is 18.2 Å². The van der Waals surface area contributed by atoms with Crippen molar-refractivity contribution in [2.75, 3.05) is 17.7 Å². The van der Waals surface area contributed by atoms with Crippen molar-refractivity contribution in [1.82, 2.24) is 10.2 Å². The first-order valence-corrected chi connectivity index (χ1v) is 10.00. The van der Waals surface area contributed by atoms with E-state index in [2.05, 4.69) is 20.8 Å². The molecule has 1 aromatic heterocycles. The van der Waals surface area contributed by atoms with Crippen LogP contribution in [-0.4, -0.2) is 35.1 Å². The topological polar surface area (TPSA) is 102 Å². The van der Waals surface area contributed by atoms with Crippen LogP contribution in [0.1, 0.15) is 11.1 Å². The number of aliphatic imine (C=N–C) groups is 1. The summed E-state index contributed by atoms with van der Waals surface area (Å²) in [6.45, 7) is 0. The Balaban J connectivity index is 1.50. The smallest absolute Gasteiger partial charge is 0.317 e. The number of hydrogen-bond acceptors (Lipinski definition) is 7. The zero-order valence-electron chi connectivity index (χ0n) is 17.1. The van der Waals surface area contributed by atoms with Gasteiger partial charge in [-0.25, -0.2) is 4.99 Å². The van der Waals surface area contributed by atoms with Crippen LogP contribution in [0.15, 0.2) is 88.3 Å². The number of carbonyl (C=O) groups is 1. The lowest BCUT2D eigenvalue weighted by Gasteiger charge is -2.11. The SMILES string of the molecule is COc1ccccc1-c1nnc(NC2N=C(c3ccccc3)c3ccccc3NC2=O)o1. The summed E-state index contributed by atoms with van der Waals surface area (Å²) in [6, 6.07) is 24.7. The molecule has 0 spiro atoms. The maximum atomic E-state index is 12.9. The van der Waals surface area contributed by atoms with Crippen molar-refractivity contribution in [3.63, 3.8) is 0 Å². The molecule has 158 valence electrons. The van der Waals surface area contributed by atoms with Gasteiger partial charge in [0.05, 0.1) is 24.1 Å². The van der Waals surface area contributed by atoms with Gasteiger partial charge in [-0.1, -0.05) is 65.8 Å². The van der Waals surface area contributed by atoms with Crippen molar-refractivity contribution in [1.29, 1.82) is 0 Å². The fourth-order valence-corrected chi connectivity index (χ4v) is 3.51. The third-order valence-electron chi connectivity index (χ3n) is 5.02. The predicted molar refractivity (Wildman–Crippen MR) is 121 cm³/mol. The Labute approximate surface area is 184 Å². The average molecular weight is 425 g/mol. The Kier molecular flexibility index (Phi) is 5.09. The van der Waals surface area contributed by atoms with E-state index in [9.17, 15) is 4.79 Å². The van der Waals surface area contributed by atoms with Crippen LogP contribution in [0.25, 0.3) is 11.5 Å². The lowest BCUT2D eigenvalue weighted by Crippen LogP contribution is -2.32. The van der Waals surface area contributed by atoms with Crippen molar-refractivity contribution in [3.05, 3.63) is 90.0 Å². The first-order chi connectivity index (χ1) is 15.7. The predicted octanol–water partition coefficient (Wildman–Crippen LogP) is 3.97. The molecule has 0 saturated carbocycles. The zero-order chi connectivity index (χ0) is 21.9. The van der Waals surface area contributed by atoms with Gasteiger partial charge in [0.1, 0.15) is 5.75 Å². The highest BCUT2D eigenvalue weighted by Crippen LogP contribution is 2.30. The first-order valence-electron chi connectivity index (χ1n) is 10.00. The number of para-hydroxylation sites is 2. The molecule has 32 heavy (non-hydrogen) atoms. The van der Waals surface area contributed by atoms with Crippen LogP contribution in [0, 0.1) is 0 Å². The van der Waals surface area contributed by atoms with E-state index in [0.29, 0.717) is 22.7 Å². The lowest BCUT2D eigenvalue weighted by atomic mass is 10.0. The third-order valence-corrected chi connectivity index (χ3v) is 5.02. The Morgan fingerprint density at radius 3 is 2.44 bits per heavy atom. The minimum Gasteiger partial charge on any atom is -0.496 e. The molecule has 1 amide bonds. The largest absolute Gasteiger partial charge is 0.496 e. The fraction of sp³-hybridized carbons (Fsp3) is 0.0833. The minimum atomic E-state index is -0.969. The molecule has 2 N–H and O–H groups in total. The summed E-state index contributed by atoms with van der Waals surface area (Å²) in [5, 5.41) is 14.0. The monoisotopic (exact) mass is 425 g/mol. The summed E-state index contributed by atoms with van der Waals surface area (Å²) in [5.74, 6) is 0.546. The molecule has 3 aromatic carbocycles. The van der Waals surface area contributed by atoms with Gasteiger partial charge in [-0.2, -0.15) is 0 Å². The highest BCUT2D eigenvalue weighted by molar-refractivity contribution is 6.19. The molecule has 8 heteroatoms. The fourth-order valence-electron chi connectivity index (χ4n) is 3.51. The number of fused-ring (bicyclic) bond motifs is 1. The molecule has 1 aliphatic rings. The van der Waals surface area contributed by atoms with Gasteiger partial charge in [-0.15, -0.1) is 5.10 Å². The van der Waals surface area contributed by atoms with Gasteiger partial charge in [-0.3, -0.25) is 4.79 Å². The minimum absolute atomic E-state index is 0.0770. The number of ether oxygens (including phenoxy) is 1. The van der Waals surface area contributed by atoms with Gasteiger partial charge >= 0.3 is 6.01 Å². The number of hydrogen-bond donors (Lipinski definition) is 2. The van der Waals surface area contributed by atoms with Crippen molar-refractivity contribution < 1.29 is 13.9 Å². The summed E-state index contributed by atoms with van der Waals surface area (Å²) in [5.41, 5.74) is 3.74. The quantitative estimate of drug-likeness (QED) is 0.502. The molecule has 0 aliphatic carbocycles. The van der Waals surface area contributed by atoms with Crippen LogP contribution >= 0.6 is 0 Å². The van der Waals surface area contributed by atoms with Gasteiger partial charge in [0, 0.05) is 11.1 Å². The summed E-state index contributed by atoms with van der Waals surface area (Å²) in [4.78, 5) is 17.7. The molecule has 0 saturated heterocycles. The second-order valence-corrected chi connectivity index (χ2v) is 7.04. The Morgan fingerprint density at radius 1 is 0.906 bits per heavy atom. The molecule has 1 atom stereocenters. The maximum absolute atomic E-state index is 12.9. The number of benzodiazepines with no additional fused rings is 1. The van der Waals surface area contributed by atoms with Crippen LogP contribution in [0.4, 0.5) is 11.7 Å². The number of methoxy groups -OCH3 is 1. The van der Waals surface area contributed by atoms with Gasteiger partial charge < -0.3 is 19.8 Å². The number of aromatic nitrogens is 2. The van der Waals surface area contributed by atoms with E-state index >= 15 is 0 Å². The Morgan fingerprint density at radius 2 is 1.62 bits per heavy atom. The van der Waals surface area contributed by atoms with Crippen molar-refractivity contribution >= 4 is 23.3 Å². The number of carbonyl (C=O) groups excluding carboxylic acids is 1. The van der Waals surface area contributed by atoms with E-state index in [1.165, 1.54) is 0 Å². The Bertz CT molecular complexity index is 1300. The lowest BCUT2D eigenvalue weighted by molar-refractivity contribution is -0.116. The van der Waals surface area contributed by atoms with Crippen LogP contribution in [0.3, 0.4) is 0 Å². The van der Waals surface area contributed by atoms with Crippen molar-refractivity contribution in [3.8, 4) is 17.2 Å². The van der Waals surface area contributed by atoms with E-state index < -0.39 is 6.17 Å². The standard InChI is InChI=1S/C24H19N5O3/c1-31-19-14-8-6-12-17(19)23-28-29-24(32-23)27-21-22(30)25-18-13-7-5-11-16(18)20(26-21)15-9-3-2-4-10-15/h2-14,21H,1H3,(H,25,30)(H,27,29). The van der Waals surface area contributed by atoms with E-state index in [0.717, 1.165) is 11.1 Å². The molecule has 0 bridgehead atoms. The molecular formula is C24H19N5O3. The molecular weight excluding hydrogens is 406 g/mol. The van der Waals surface area contributed by atoms with Gasteiger partial charge in [0.2, 0.25) is 6.17 Å². The van der Waals surface area contributed by atoms with E-state index in [1.54, 1.807) is 13.2 Å². The summed E-state index contributed by atoms with van der Waals surface area (Å²) < 4.78 is 11.1. The highest BCUT2D eigenvalue weighted by Gasteiger charge is 2.27. The maximum Gasteiger partial charge on any atom is 0.317 e.